The van der Waals surface area contributed by atoms with Crippen LogP contribution in [0.3, 0.4) is 0 Å². The molecule has 2 aromatic carbocycles. The Balaban J connectivity index is 1.34. The van der Waals surface area contributed by atoms with E-state index in [4.69, 9.17) is 16.3 Å². The molecule has 16 nitrogen and oxygen atoms in total. The first-order chi connectivity index (χ1) is 28.5. The van der Waals surface area contributed by atoms with Gasteiger partial charge in [0.1, 0.15) is 59.5 Å². The zero-order valence-corrected chi connectivity index (χ0v) is 33.7. The van der Waals surface area contributed by atoms with Gasteiger partial charge in [-0.05, 0) is 74.4 Å². The molecule has 0 spiro atoms. The predicted octanol–water partition coefficient (Wildman–Crippen LogP) is 1.66. The summed E-state index contributed by atoms with van der Waals surface area (Å²) < 4.78 is 49.2. The Morgan fingerprint density at radius 1 is 1.00 bits per heavy atom. The lowest BCUT2D eigenvalue weighted by atomic mass is 9.95. The van der Waals surface area contributed by atoms with Gasteiger partial charge in [0.2, 0.25) is 29.5 Å². The van der Waals surface area contributed by atoms with Crippen LogP contribution in [0.1, 0.15) is 51.5 Å². The fourth-order valence-electron chi connectivity index (χ4n) is 8.50. The van der Waals surface area contributed by atoms with Crippen molar-refractivity contribution < 1.29 is 56.6 Å². The van der Waals surface area contributed by atoms with E-state index >= 15 is 0 Å². The third-order valence-electron chi connectivity index (χ3n) is 11.3. The van der Waals surface area contributed by atoms with Crippen LogP contribution in [0.4, 0.5) is 23.7 Å². The molecule has 0 saturated carbocycles. The fourth-order valence-corrected chi connectivity index (χ4v) is 8.66. The van der Waals surface area contributed by atoms with Crippen molar-refractivity contribution >= 4 is 59.1 Å². The highest BCUT2D eigenvalue weighted by Gasteiger charge is 2.50. The molecule has 2 aromatic rings. The van der Waals surface area contributed by atoms with Crippen LogP contribution in [-0.2, 0) is 39.9 Å². The van der Waals surface area contributed by atoms with Gasteiger partial charge >= 0.3 is 6.03 Å². The first-order valence-electron chi connectivity index (χ1n) is 19.7. The third-order valence-corrected chi connectivity index (χ3v) is 11.5. The van der Waals surface area contributed by atoms with Crippen molar-refractivity contribution in [1.82, 2.24) is 30.7 Å². The molecule has 2 unspecified atom stereocenters. The van der Waals surface area contributed by atoms with Crippen molar-refractivity contribution in [3.05, 3.63) is 64.4 Å². The minimum atomic E-state index is -1.68. The molecule has 5 N–H and O–H groups in total. The van der Waals surface area contributed by atoms with E-state index in [-0.39, 0.29) is 61.1 Å². The highest BCUT2D eigenvalue weighted by molar-refractivity contribution is 6.30. The summed E-state index contributed by atoms with van der Waals surface area (Å²) in [7, 11) is 0. The number of carbonyl (C=O) groups is 7. The molecule has 7 amide bonds. The van der Waals surface area contributed by atoms with Crippen LogP contribution in [0.25, 0.3) is 0 Å². The number of nitrogens with one attached hydrogen (secondary N) is 4. The Morgan fingerprint density at radius 3 is 2.43 bits per heavy atom. The van der Waals surface area contributed by atoms with Gasteiger partial charge in [0.05, 0.1) is 25.0 Å². The number of aliphatic hydroxyl groups is 1. The van der Waals surface area contributed by atoms with Crippen LogP contribution in [0.15, 0.2) is 36.4 Å². The first kappa shape index (κ1) is 44.3. The number of aldehydes is 1. The number of ether oxygens (including phenoxy) is 1. The Bertz CT molecular complexity index is 2010. The predicted molar refractivity (Wildman–Crippen MR) is 208 cm³/mol. The minimum absolute atomic E-state index is 0.0380. The van der Waals surface area contributed by atoms with E-state index in [2.05, 4.69) is 21.3 Å². The molecule has 4 heterocycles. The molecule has 324 valence electrons. The Kier molecular flexibility index (Phi) is 13.7. The number of hydrogen-bond donors (Lipinski definition) is 5. The average Bonchev–Trinajstić information content (AvgIpc) is 3.75. The largest absolute Gasteiger partial charge is 0.391 e. The van der Waals surface area contributed by atoms with Gasteiger partial charge in [-0.1, -0.05) is 18.5 Å². The van der Waals surface area contributed by atoms with E-state index in [1.807, 2.05) is 6.92 Å². The molecule has 60 heavy (non-hydrogen) atoms. The lowest BCUT2D eigenvalue weighted by molar-refractivity contribution is -0.153. The van der Waals surface area contributed by atoms with Crippen LogP contribution in [0, 0.1) is 23.4 Å². The van der Waals surface area contributed by atoms with E-state index in [1.54, 1.807) is 0 Å². The SMILES string of the molecule is C[C@H]1CN2C(=O)[C@H](C)NC(=O)C3CCCCN3C(=O)[C@@H]3C[C@@H](O)CN3C(=O)[C@@H](NC(=O)[C@H](Cc3cc(F)cc(F)c3)NC(=O)Nc3ccc(Cl)cc3F)COCC2(C=O)C1. The number of urea groups is 1. The summed E-state index contributed by atoms with van der Waals surface area (Å²) in [5.74, 6) is -6.86. The molecule has 4 aliphatic heterocycles. The first-order valence-corrected chi connectivity index (χ1v) is 20.1. The van der Waals surface area contributed by atoms with Crippen molar-refractivity contribution in [1.29, 1.82) is 0 Å². The Hall–Kier alpha value is -5.27. The van der Waals surface area contributed by atoms with E-state index in [9.17, 15) is 51.8 Å². The van der Waals surface area contributed by atoms with Crippen LogP contribution in [0.5, 0.6) is 0 Å². The van der Waals surface area contributed by atoms with E-state index in [0.29, 0.717) is 25.2 Å². The molecular weight excluding hydrogens is 815 g/mol. The molecule has 6 rings (SSSR count). The minimum Gasteiger partial charge on any atom is -0.391 e. The number of hydrogen-bond acceptors (Lipinski definition) is 9. The standard InChI is InChI=1S/C40H47ClF3N7O9/c1-21-15-40(19-52)20-60-18-31(46-34(54)30(11-23-9-25(42)13-26(43)10-23)48-39(59)47-29-7-6-24(41)12-28(29)44)37(57)50-17-27(53)14-33(50)38(58)49-8-4-3-5-32(49)35(55)45-22(2)36(56)51(40)16-21/h6-7,9-10,12-13,19,21-22,27,30-33,53H,3-5,8,11,14-18,20H2,1-2H3,(H,45,55)(H,46,54)(H2,47,48,59)/t21-,22+,27-,30+,31+,32?,33+,40?/m1/s1. The monoisotopic (exact) mass is 861 g/mol. The van der Waals surface area contributed by atoms with Crippen LogP contribution in [-0.4, -0.2) is 136 Å². The van der Waals surface area contributed by atoms with Gasteiger partial charge in [-0.3, -0.25) is 24.0 Å². The Morgan fingerprint density at radius 2 is 1.73 bits per heavy atom. The number of fused-ring (bicyclic) bond motifs is 3. The van der Waals surface area contributed by atoms with Gasteiger partial charge in [-0.15, -0.1) is 0 Å². The number of carbonyl (C=O) groups excluding carboxylic acids is 7. The second-order valence-electron chi connectivity index (χ2n) is 16.0. The maximum atomic E-state index is 14.6. The van der Waals surface area contributed by atoms with Crippen molar-refractivity contribution in [2.75, 3.05) is 38.2 Å². The van der Waals surface area contributed by atoms with Gasteiger partial charge in [0.15, 0.2) is 0 Å². The van der Waals surface area contributed by atoms with Crippen molar-refractivity contribution in [3.8, 4) is 0 Å². The van der Waals surface area contributed by atoms with Gasteiger partial charge in [-0.2, -0.15) is 0 Å². The van der Waals surface area contributed by atoms with E-state index in [1.165, 1.54) is 22.8 Å². The summed E-state index contributed by atoms with van der Waals surface area (Å²) in [4.78, 5) is 101. The summed E-state index contributed by atoms with van der Waals surface area (Å²) in [6.45, 7) is 2.14. The lowest BCUT2D eigenvalue weighted by Gasteiger charge is -2.40. The molecule has 0 radical (unpaired) electrons. The number of halogens is 4. The molecule has 0 aliphatic carbocycles. The van der Waals surface area contributed by atoms with Gasteiger partial charge < -0.3 is 50.6 Å². The summed E-state index contributed by atoms with van der Waals surface area (Å²) in [6, 6.07) is -2.04. The highest BCUT2D eigenvalue weighted by Crippen LogP contribution is 2.33. The molecule has 0 aromatic heterocycles. The molecular formula is C40H47ClF3N7O9. The second kappa shape index (κ2) is 18.6. The lowest BCUT2D eigenvalue weighted by Crippen LogP contribution is -2.63. The number of benzene rings is 2. The Labute approximate surface area is 348 Å². The molecule has 4 aliphatic rings. The highest BCUT2D eigenvalue weighted by atomic mass is 35.5. The van der Waals surface area contributed by atoms with Crippen LogP contribution < -0.4 is 21.3 Å². The second-order valence-corrected chi connectivity index (χ2v) is 16.4. The number of nitrogens with zero attached hydrogens (tertiary/aromatic N) is 3. The number of anilines is 1. The van der Waals surface area contributed by atoms with Crippen molar-refractivity contribution in [2.45, 2.75) is 94.2 Å². The van der Waals surface area contributed by atoms with E-state index in [0.717, 1.165) is 29.2 Å². The topological polar surface area (TPSA) is 207 Å². The number of amides is 7. The summed E-state index contributed by atoms with van der Waals surface area (Å²) in [6.07, 6.45) is 0.191. The van der Waals surface area contributed by atoms with Gasteiger partial charge in [0, 0.05) is 43.6 Å². The zero-order valence-electron chi connectivity index (χ0n) is 32.9. The summed E-state index contributed by atoms with van der Waals surface area (Å²) in [5, 5.41) is 20.7. The summed E-state index contributed by atoms with van der Waals surface area (Å²) in [5.41, 5.74) is -1.94. The fraction of sp³-hybridized carbons (Fsp3) is 0.525. The van der Waals surface area contributed by atoms with Crippen LogP contribution in [0.2, 0.25) is 5.02 Å². The normalized spacial score (nSPS) is 28.3. The van der Waals surface area contributed by atoms with Crippen LogP contribution >= 0.6 is 11.6 Å². The third kappa shape index (κ3) is 9.84. The number of piperidine rings is 1. The summed E-state index contributed by atoms with van der Waals surface area (Å²) >= 11 is 5.82. The van der Waals surface area contributed by atoms with E-state index < -0.39 is 115 Å². The average molecular weight is 862 g/mol. The molecule has 4 saturated heterocycles. The molecule has 8 atom stereocenters. The maximum absolute atomic E-state index is 14.6. The molecule has 20 heteroatoms. The van der Waals surface area contributed by atoms with Crippen molar-refractivity contribution in [3.63, 3.8) is 0 Å². The van der Waals surface area contributed by atoms with Crippen molar-refractivity contribution in [2.24, 2.45) is 5.92 Å². The smallest absolute Gasteiger partial charge is 0.319 e. The maximum Gasteiger partial charge on any atom is 0.319 e. The quantitative estimate of drug-likeness (QED) is 0.257. The van der Waals surface area contributed by atoms with Gasteiger partial charge in [-0.25, -0.2) is 18.0 Å². The number of aliphatic hydroxyl groups excluding tert-OH is 1. The molecule has 4 fully saturated rings. The van der Waals surface area contributed by atoms with Gasteiger partial charge in [0.25, 0.3) is 0 Å². The number of rotatable bonds is 7. The molecule has 0 bridgehead atoms. The zero-order chi connectivity index (χ0) is 43.5.